The van der Waals surface area contributed by atoms with Gasteiger partial charge in [0.1, 0.15) is 30.5 Å². The largest absolute Gasteiger partial charge is 0.480 e. The summed E-state index contributed by atoms with van der Waals surface area (Å²) in [6.45, 7) is 0.541. The first kappa shape index (κ1) is 21.9. The van der Waals surface area contributed by atoms with Crippen molar-refractivity contribution in [2.75, 3.05) is 19.8 Å². The Kier molecular flexibility index (Phi) is 6.02. The molecular weight excluding hydrogens is 440 g/mol. The van der Waals surface area contributed by atoms with Crippen molar-refractivity contribution in [2.24, 2.45) is 0 Å². The van der Waals surface area contributed by atoms with Crippen LogP contribution in [0.4, 0.5) is 0 Å². The van der Waals surface area contributed by atoms with Crippen molar-refractivity contribution >= 4 is 11.6 Å². The standard InChI is InChI=1S/C23H25ClO8/c24-14-3-2-12(23-22(28)21(27)20(26)17(8-25)32-23)7-13(14)5-11-1-4-15-16(6-11)31-19-10-29-9-18(19)30-15/h1-4,6-7,17-23,25-28H,5,8-10H2/t17-,18?,19?,20-,21+,22-,23?/m1/s1. The van der Waals surface area contributed by atoms with E-state index in [9.17, 15) is 20.4 Å². The zero-order chi connectivity index (χ0) is 22.4. The van der Waals surface area contributed by atoms with Crippen molar-refractivity contribution in [1.82, 2.24) is 0 Å². The summed E-state index contributed by atoms with van der Waals surface area (Å²) < 4.78 is 23.1. The van der Waals surface area contributed by atoms with E-state index in [2.05, 4.69) is 0 Å². The maximum absolute atomic E-state index is 10.4. The van der Waals surface area contributed by atoms with E-state index < -0.39 is 37.1 Å². The molecular formula is C23H25ClO8. The third-order valence-corrected chi connectivity index (χ3v) is 6.60. The Morgan fingerprint density at radius 1 is 0.875 bits per heavy atom. The molecule has 9 heteroatoms. The molecule has 3 heterocycles. The first-order valence-corrected chi connectivity index (χ1v) is 10.9. The minimum atomic E-state index is -1.44. The Morgan fingerprint density at radius 3 is 2.38 bits per heavy atom. The van der Waals surface area contributed by atoms with E-state index in [1.54, 1.807) is 18.2 Å². The molecule has 172 valence electrons. The topological polar surface area (TPSA) is 118 Å². The molecule has 4 N–H and O–H groups in total. The van der Waals surface area contributed by atoms with Crippen LogP contribution in [-0.4, -0.2) is 76.9 Å². The SMILES string of the molecule is OC[C@H]1OC(c2ccc(Cl)c(Cc3ccc4c(c3)OC3COCC3O4)c2)[C@H](O)[C@@H](O)[C@@H]1O. The highest BCUT2D eigenvalue weighted by molar-refractivity contribution is 6.31. The van der Waals surface area contributed by atoms with Crippen LogP contribution in [0.25, 0.3) is 0 Å². The quantitative estimate of drug-likeness (QED) is 0.529. The molecule has 2 fully saturated rings. The van der Waals surface area contributed by atoms with Gasteiger partial charge in [-0.1, -0.05) is 29.8 Å². The molecule has 0 radical (unpaired) electrons. The molecule has 0 bridgehead atoms. The fraction of sp³-hybridized carbons (Fsp3) is 0.478. The Labute approximate surface area is 189 Å². The van der Waals surface area contributed by atoms with Crippen molar-refractivity contribution in [3.05, 3.63) is 58.1 Å². The average molecular weight is 465 g/mol. The van der Waals surface area contributed by atoms with E-state index in [1.165, 1.54) is 0 Å². The van der Waals surface area contributed by atoms with Gasteiger partial charge in [-0.05, 0) is 41.3 Å². The number of benzene rings is 2. The molecule has 2 aromatic rings. The van der Waals surface area contributed by atoms with Crippen molar-refractivity contribution in [1.29, 1.82) is 0 Å². The number of rotatable bonds is 4. The third-order valence-electron chi connectivity index (χ3n) is 6.23. The van der Waals surface area contributed by atoms with Gasteiger partial charge in [0.25, 0.3) is 0 Å². The Balaban J connectivity index is 1.38. The summed E-state index contributed by atoms with van der Waals surface area (Å²) in [4.78, 5) is 0. The van der Waals surface area contributed by atoms with Gasteiger partial charge < -0.3 is 39.4 Å². The second-order valence-electron chi connectivity index (χ2n) is 8.41. The summed E-state index contributed by atoms with van der Waals surface area (Å²) >= 11 is 6.44. The van der Waals surface area contributed by atoms with E-state index in [4.69, 9.17) is 30.5 Å². The fourth-order valence-electron chi connectivity index (χ4n) is 4.42. The lowest BCUT2D eigenvalue weighted by Gasteiger charge is -2.40. The molecule has 0 aromatic heterocycles. The molecule has 32 heavy (non-hydrogen) atoms. The van der Waals surface area contributed by atoms with Crippen LogP contribution < -0.4 is 9.47 Å². The van der Waals surface area contributed by atoms with Gasteiger partial charge in [-0.25, -0.2) is 0 Å². The van der Waals surface area contributed by atoms with Gasteiger partial charge in [-0.3, -0.25) is 0 Å². The number of hydrogen-bond donors (Lipinski definition) is 4. The van der Waals surface area contributed by atoms with Crippen LogP contribution in [0.1, 0.15) is 22.8 Å². The lowest BCUT2D eigenvalue weighted by atomic mass is 9.90. The predicted molar refractivity (Wildman–Crippen MR) is 113 cm³/mol. The van der Waals surface area contributed by atoms with E-state index in [0.29, 0.717) is 41.7 Å². The number of aliphatic hydroxyl groups is 4. The highest BCUT2D eigenvalue weighted by atomic mass is 35.5. The van der Waals surface area contributed by atoms with E-state index in [1.807, 2.05) is 18.2 Å². The van der Waals surface area contributed by atoms with Crippen LogP contribution in [0.3, 0.4) is 0 Å². The molecule has 8 nitrogen and oxygen atoms in total. The second-order valence-corrected chi connectivity index (χ2v) is 8.82. The lowest BCUT2D eigenvalue weighted by Crippen LogP contribution is -2.55. The van der Waals surface area contributed by atoms with Gasteiger partial charge in [0, 0.05) is 5.02 Å². The lowest BCUT2D eigenvalue weighted by molar-refractivity contribution is -0.231. The molecule has 3 unspecified atom stereocenters. The van der Waals surface area contributed by atoms with E-state index >= 15 is 0 Å². The maximum atomic E-state index is 10.4. The van der Waals surface area contributed by atoms with Gasteiger partial charge in [0.05, 0.1) is 19.8 Å². The van der Waals surface area contributed by atoms with Crippen molar-refractivity contribution in [3.63, 3.8) is 0 Å². The molecule has 0 saturated carbocycles. The van der Waals surface area contributed by atoms with Crippen LogP contribution in [0, 0.1) is 0 Å². The number of aliphatic hydroxyl groups excluding tert-OH is 4. The minimum absolute atomic E-state index is 0.0852. The van der Waals surface area contributed by atoms with E-state index in [-0.39, 0.29) is 12.2 Å². The molecule has 0 aliphatic carbocycles. The van der Waals surface area contributed by atoms with Crippen molar-refractivity contribution < 1.29 is 39.4 Å². The highest BCUT2D eigenvalue weighted by Crippen LogP contribution is 2.38. The van der Waals surface area contributed by atoms with Gasteiger partial charge >= 0.3 is 0 Å². The molecule has 0 spiro atoms. The zero-order valence-corrected chi connectivity index (χ0v) is 17.9. The summed E-state index contributed by atoms with van der Waals surface area (Å²) in [5.41, 5.74) is 2.34. The summed E-state index contributed by atoms with van der Waals surface area (Å²) in [7, 11) is 0. The molecule has 2 aromatic carbocycles. The van der Waals surface area contributed by atoms with Crippen molar-refractivity contribution in [3.8, 4) is 11.5 Å². The van der Waals surface area contributed by atoms with Crippen LogP contribution in [0.15, 0.2) is 36.4 Å². The monoisotopic (exact) mass is 464 g/mol. The van der Waals surface area contributed by atoms with Gasteiger partial charge in [-0.2, -0.15) is 0 Å². The first-order chi connectivity index (χ1) is 15.4. The number of fused-ring (bicyclic) bond motifs is 2. The average Bonchev–Trinajstić information content (AvgIpc) is 3.25. The normalized spacial score (nSPS) is 33.7. The van der Waals surface area contributed by atoms with Gasteiger partial charge in [-0.15, -0.1) is 0 Å². The Morgan fingerprint density at radius 2 is 1.62 bits per heavy atom. The van der Waals surface area contributed by atoms with Crippen LogP contribution in [0.2, 0.25) is 5.02 Å². The summed E-state index contributed by atoms with van der Waals surface area (Å²) in [6.07, 6.45) is -5.79. The molecule has 2 saturated heterocycles. The maximum Gasteiger partial charge on any atom is 0.162 e. The fourth-order valence-corrected chi connectivity index (χ4v) is 4.60. The summed E-state index contributed by atoms with van der Waals surface area (Å²) in [5, 5.41) is 40.6. The molecule has 7 atom stereocenters. The van der Waals surface area contributed by atoms with Crippen LogP contribution in [0.5, 0.6) is 11.5 Å². The Hall–Kier alpha value is -1.91. The van der Waals surface area contributed by atoms with Crippen LogP contribution >= 0.6 is 11.6 Å². The molecule has 5 rings (SSSR count). The van der Waals surface area contributed by atoms with Gasteiger partial charge in [0.15, 0.2) is 23.7 Å². The number of ether oxygens (including phenoxy) is 4. The smallest absolute Gasteiger partial charge is 0.162 e. The molecule has 3 aliphatic heterocycles. The second kappa shape index (κ2) is 8.79. The summed E-state index contributed by atoms with van der Waals surface area (Å²) in [6, 6.07) is 10.9. The molecule has 0 amide bonds. The van der Waals surface area contributed by atoms with Gasteiger partial charge in [0.2, 0.25) is 0 Å². The molecule has 3 aliphatic rings. The minimum Gasteiger partial charge on any atom is -0.480 e. The highest BCUT2D eigenvalue weighted by Gasteiger charge is 2.44. The summed E-state index contributed by atoms with van der Waals surface area (Å²) in [5.74, 6) is 1.34. The zero-order valence-electron chi connectivity index (χ0n) is 17.1. The number of halogens is 1. The number of hydrogen-bond acceptors (Lipinski definition) is 8. The van der Waals surface area contributed by atoms with Crippen LogP contribution in [-0.2, 0) is 15.9 Å². The Bertz CT molecular complexity index is 982. The van der Waals surface area contributed by atoms with E-state index in [0.717, 1.165) is 11.1 Å². The predicted octanol–water partition coefficient (Wildman–Crippen LogP) is 0.984. The van der Waals surface area contributed by atoms with Crippen molar-refractivity contribution in [2.45, 2.75) is 49.1 Å². The first-order valence-electron chi connectivity index (χ1n) is 10.6. The third kappa shape index (κ3) is 3.97.